The molecule has 3 heterocycles. The SMILES string of the molecule is CCOCCCN1C(=O)[C@H]2C(C(=O)Nc3ccc(Cl)c(Cl)c3)[C@H]3C=CC2(O3)C1C(=O)NC1CCCCC1. The molecule has 200 valence electrons. The first-order valence-corrected chi connectivity index (χ1v) is 13.9. The smallest absolute Gasteiger partial charge is 0.246 e. The summed E-state index contributed by atoms with van der Waals surface area (Å²) >= 11 is 12.1. The minimum atomic E-state index is -1.17. The largest absolute Gasteiger partial charge is 0.382 e. The minimum absolute atomic E-state index is 0.0911. The number of halogens is 2. The first-order chi connectivity index (χ1) is 17.9. The van der Waals surface area contributed by atoms with Crippen LogP contribution >= 0.6 is 23.2 Å². The molecule has 0 aromatic heterocycles. The third-order valence-corrected chi connectivity index (χ3v) is 8.69. The second kappa shape index (κ2) is 10.9. The van der Waals surface area contributed by atoms with Gasteiger partial charge in [-0.1, -0.05) is 54.6 Å². The van der Waals surface area contributed by atoms with Gasteiger partial charge in [0.1, 0.15) is 11.6 Å². The van der Waals surface area contributed by atoms with Gasteiger partial charge in [-0.2, -0.15) is 0 Å². The molecule has 2 N–H and O–H groups in total. The fourth-order valence-electron chi connectivity index (χ4n) is 6.32. The zero-order valence-corrected chi connectivity index (χ0v) is 22.4. The fourth-order valence-corrected chi connectivity index (χ4v) is 6.61. The molecule has 1 aromatic carbocycles. The molecular weight excluding hydrogens is 517 g/mol. The van der Waals surface area contributed by atoms with Gasteiger partial charge < -0.3 is 25.0 Å². The highest BCUT2D eigenvalue weighted by molar-refractivity contribution is 6.42. The number of hydrogen-bond acceptors (Lipinski definition) is 5. The summed E-state index contributed by atoms with van der Waals surface area (Å²) in [6.45, 7) is 3.33. The maximum Gasteiger partial charge on any atom is 0.246 e. The Morgan fingerprint density at radius 1 is 1.16 bits per heavy atom. The predicted molar refractivity (Wildman–Crippen MR) is 140 cm³/mol. The van der Waals surface area contributed by atoms with Crippen LogP contribution in [0.2, 0.25) is 10.0 Å². The molecule has 1 aliphatic carbocycles. The fraction of sp³-hybridized carbons (Fsp3) is 0.593. The van der Waals surface area contributed by atoms with Crippen molar-refractivity contribution in [3.05, 3.63) is 40.4 Å². The van der Waals surface area contributed by atoms with Gasteiger partial charge in [-0.25, -0.2) is 0 Å². The Balaban J connectivity index is 1.40. The Morgan fingerprint density at radius 2 is 1.95 bits per heavy atom. The topological polar surface area (TPSA) is 97.0 Å². The molecule has 1 spiro atoms. The molecule has 37 heavy (non-hydrogen) atoms. The lowest BCUT2D eigenvalue weighted by molar-refractivity contribution is -0.141. The van der Waals surface area contributed by atoms with Crippen LogP contribution in [-0.4, -0.2) is 66.2 Å². The van der Waals surface area contributed by atoms with Gasteiger partial charge in [0.05, 0.1) is 28.0 Å². The lowest BCUT2D eigenvalue weighted by Crippen LogP contribution is -2.56. The highest BCUT2D eigenvalue weighted by atomic mass is 35.5. The van der Waals surface area contributed by atoms with Crippen molar-refractivity contribution in [1.29, 1.82) is 0 Å². The summed E-state index contributed by atoms with van der Waals surface area (Å²) in [5.74, 6) is -2.36. The van der Waals surface area contributed by atoms with Crippen LogP contribution in [0.15, 0.2) is 30.4 Å². The molecule has 10 heteroatoms. The molecule has 3 aliphatic heterocycles. The normalized spacial score (nSPS) is 30.6. The maximum atomic E-state index is 13.9. The molecule has 8 nitrogen and oxygen atoms in total. The van der Waals surface area contributed by atoms with E-state index in [1.165, 1.54) is 6.42 Å². The number of amides is 3. The Bertz CT molecular complexity index is 1090. The minimum Gasteiger partial charge on any atom is -0.382 e. The Kier molecular flexibility index (Phi) is 7.82. The quantitative estimate of drug-likeness (QED) is 0.359. The average molecular weight is 550 g/mol. The van der Waals surface area contributed by atoms with Gasteiger partial charge in [-0.3, -0.25) is 14.4 Å². The number of fused-ring (bicyclic) bond motifs is 1. The van der Waals surface area contributed by atoms with Gasteiger partial charge in [0.15, 0.2) is 0 Å². The Labute approximate surface area is 227 Å². The van der Waals surface area contributed by atoms with Gasteiger partial charge >= 0.3 is 0 Å². The van der Waals surface area contributed by atoms with E-state index in [9.17, 15) is 14.4 Å². The van der Waals surface area contributed by atoms with E-state index in [2.05, 4.69) is 10.6 Å². The third-order valence-electron chi connectivity index (χ3n) is 7.96. The number of nitrogens with zero attached hydrogens (tertiary/aromatic N) is 1. The van der Waals surface area contributed by atoms with E-state index in [1.54, 1.807) is 23.1 Å². The maximum absolute atomic E-state index is 13.9. The lowest BCUT2D eigenvalue weighted by Gasteiger charge is -2.34. The molecule has 3 amide bonds. The monoisotopic (exact) mass is 549 g/mol. The molecule has 4 aliphatic rings. The van der Waals surface area contributed by atoms with Crippen molar-refractivity contribution < 1.29 is 23.9 Å². The number of anilines is 1. The molecule has 1 saturated carbocycles. The van der Waals surface area contributed by atoms with Gasteiger partial charge in [0.25, 0.3) is 0 Å². The van der Waals surface area contributed by atoms with Crippen LogP contribution in [0.3, 0.4) is 0 Å². The molecule has 2 bridgehead atoms. The number of carbonyl (C=O) groups is 3. The zero-order valence-electron chi connectivity index (χ0n) is 20.9. The predicted octanol–water partition coefficient (Wildman–Crippen LogP) is 3.96. The van der Waals surface area contributed by atoms with Gasteiger partial charge in [-0.15, -0.1) is 0 Å². The summed E-state index contributed by atoms with van der Waals surface area (Å²) in [5.41, 5.74) is -0.697. The van der Waals surface area contributed by atoms with Gasteiger partial charge in [0, 0.05) is 31.5 Å². The molecule has 3 fully saturated rings. The number of carbonyl (C=O) groups excluding carboxylic acids is 3. The highest BCUT2D eigenvalue weighted by Crippen LogP contribution is 2.55. The van der Waals surface area contributed by atoms with E-state index in [0.29, 0.717) is 41.9 Å². The van der Waals surface area contributed by atoms with Crippen LogP contribution in [0.25, 0.3) is 0 Å². The van der Waals surface area contributed by atoms with Crippen molar-refractivity contribution in [2.75, 3.05) is 25.1 Å². The first kappa shape index (κ1) is 26.5. The number of benzene rings is 1. The highest BCUT2D eigenvalue weighted by Gasteiger charge is 2.72. The summed E-state index contributed by atoms with van der Waals surface area (Å²) in [7, 11) is 0. The van der Waals surface area contributed by atoms with E-state index in [1.807, 2.05) is 19.1 Å². The van der Waals surface area contributed by atoms with Crippen molar-refractivity contribution in [3.63, 3.8) is 0 Å². The van der Waals surface area contributed by atoms with Crippen molar-refractivity contribution in [2.45, 2.75) is 69.2 Å². The standard InChI is InChI=1S/C27H33Cl2N3O5/c1-2-36-14-6-13-32-23(25(34)30-16-7-4-3-5-8-16)27-12-11-20(37-27)21(22(27)26(32)35)24(33)31-17-9-10-18(28)19(29)15-17/h9-12,15-16,20-23H,2-8,13-14H2,1H3,(H,30,34)(H,31,33)/t20-,21?,22-,23?,27?/m1/s1. The van der Waals surface area contributed by atoms with Gasteiger partial charge in [0.2, 0.25) is 17.7 Å². The summed E-state index contributed by atoms with van der Waals surface area (Å²) in [4.78, 5) is 42.7. The number of rotatable bonds is 9. The lowest BCUT2D eigenvalue weighted by atomic mass is 9.74. The Hall–Kier alpha value is -2.13. The molecule has 1 aromatic rings. The Morgan fingerprint density at radius 3 is 2.68 bits per heavy atom. The number of ether oxygens (including phenoxy) is 2. The van der Waals surface area contributed by atoms with Crippen molar-refractivity contribution >= 4 is 46.6 Å². The second-order valence-electron chi connectivity index (χ2n) is 10.2. The van der Waals surface area contributed by atoms with Crippen LogP contribution in [0.4, 0.5) is 5.69 Å². The average Bonchev–Trinajstić information content (AvgIpc) is 3.52. The van der Waals surface area contributed by atoms with Crippen molar-refractivity contribution in [3.8, 4) is 0 Å². The molecule has 5 rings (SSSR count). The summed E-state index contributed by atoms with van der Waals surface area (Å²) in [6, 6.07) is 4.08. The van der Waals surface area contributed by atoms with E-state index in [-0.39, 0.29) is 23.8 Å². The molecular formula is C27H33Cl2N3O5. The van der Waals surface area contributed by atoms with E-state index >= 15 is 0 Å². The first-order valence-electron chi connectivity index (χ1n) is 13.2. The van der Waals surface area contributed by atoms with Crippen molar-refractivity contribution in [1.82, 2.24) is 10.2 Å². The van der Waals surface area contributed by atoms with E-state index in [0.717, 1.165) is 25.7 Å². The van der Waals surface area contributed by atoms with Crippen molar-refractivity contribution in [2.24, 2.45) is 11.8 Å². The number of nitrogens with one attached hydrogen (secondary N) is 2. The van der Waals surface area contributed by atoms with E-state index in [4.69, 9.17) is 32.7 Å². The number of hydrogen-bond donors (Lipinski definition) is 2. The van der Waals surface area contributed by atoms with Crippen LogP contribution in [0, 0.1) is 11.8 Å². The molecule has 5 atom stereocenters. The third kappa shape index (κ3) is 4.89. The van der Waals surface area contributed by atoms with Crippen LogP contribution in [0.1, 0.15) is 45.4 Å². The zero-order chi connectivity index (χ0) is 26.2. The molecule has 3 unspecified atom stereocenters. The molecule has 2 saturated heterocycles. The second-order valence-corrected chi connectivity index (χ2v) is 11.1. The van der Waals surface area contributed by atoms with Gasteiger partial charge in [-0.05, 0) is 44.4 Å². The van der Waals surface area contributed by atoms with Crippen LogP contribution in [0.5, 0.6) is 0 Å². The molecule has 0 radical (unpaired) electrons. The van der Waals surface area contributed by atoms with Crippen LogP contribution in [-0.2, 0) is 23.9 Å². The summed E-state index contributed by atoms with van der Waals surface area (Å²) in [5, 5.41) is 6.75. The van der Waals surface area contributed by atoms with Crippen LogP contribution < -0.4 is 10.6 Å². The van der Waals surface area contributed by atoms with E-state index < -0.39 is 29.6 Å². The summed E-state index contributed by atoms with van der Waals surface area (Å²) < 4.78 is 11.9. The summed E-state index contributed by atoms with van der Waals surface area (Å²) in [6.07, 6.45) is 8.83. The number of likely N-dealkylation sites (tertiary alicyclic amines) is 1.